The lowest BCUT2D eigenvalue weighted by atomic mass is 10.1. The number of anilines is 2. The molecule has 6 nitrogen and oxygen atoms in total. The zero-order valence-corrected chi connectivity index (χ0v) is 18.1. The maximum atomic E-state index is 14.3. The number of rotatable bonds is 5. The summed E-state index contributed by atoms with van der Waals surface area (Å²) in [5.74, 6) is -1.96. The van der Waals surface area contributed by atoms with Crippen molar-refractivity contribution in [2.24, 2.45) is 5.92 Å². The Balaban J connectivity index is 1.46. The first kappa shape index (κ1) is 21.1. The second-order valence-electron chi connectivity index (χ2n) is 7.75. The molecule has 4 aromatic rings. The molecule has 2 amide bonds. The molecule has 1 atom stereocenters. The Bertz CT molecular complexity index is 1330. The summed E-state index contributed by atoms with van der Waals surface area (Å²) in [6, 6.07) is 13.9. The van der Waals surface area contributed by atoms with E-state index in [1.165, 1.54) is 51.5 Å². The van der Waals surface area contributed by atoms with Gasteiger partial charge >= 0.3 is 0 Å². The zero-order chi connectivity index (χ0) is 22.9. The lowest BCUT2D eigenvalue weighted by Crippen LogP contribution is -2.37. The number of halogens is 2. The Kier molecular flexibility index (Phi) is 5.55. The minimum absolute atomic E-state index is 0.0268. The van der Waals surface area contributed by atoms with Crippen LogP contribution in [0.3, 0.4) is 0 Å². The predicted octanol–water partition coefficient (Wildman–Crippen LogP) is 4.56. The molecule has 3 heterocycles. The van der Waals surface area contributed by atoms with Gasteiger partial charge in [-0.15, -0.1) is 0 Å². The van der Waals surface area contributed by atoms with Gasteiger partial charge in [-0.1, -0.05) is 23.5 Å². The van der Waals surface area contributed by atoms with Crippen molar-refractivity contribution < 1.29 is 18.4 Å². The quantitative estimate of drug-likeness (QED) is 0.435. The van der Waals surface area contributed by atoms with Crippen LogP contribution in [0.1, 0.15) is 12.0 Å². The molecule has 1 unspecified atom stereocenters. The van der Waals surface area contributed by atoms with E-state index in [9.17, 15) is 18.4 Å². The predicted molar refractivity (Wildman–Crippen MR) is 122 cm³/mol. The summed E-state index contributed by atoms with van der Waals surface area (Å²) in [5, 5.41) is 0.358. The fourth-order valence-electron chi connectivity index (χ4n) is 3.90. The molecule has 9 heteroatoms. The van der Waals surface area contributed by atoms with Crippen LogP contribution in [0.2, 0.25) is 0 Å². The van der Waals surface area contributed by atoms with Crippen LogP contribution in [0.15, 0.2) is 67.0 Å². The van der Waals surface area contributed by atoms with Crippen molar-refractivity contribution in [2.45, 2.75) is 13.0 Å². The maximum absolute atomic E-state index is 14.3. The number of hydrogen-bond acceptors (Lipinski definition) is 5. The number of para-hydroxylation sites is 1. The molecule has 0 saturated carbocycles. The summed E-state index contributed by atoms with van der Waals surface area (Å²) in [5.41, 5.74) is 1.53. The monoisotopic (exact) mass is 464 g/mol. The molecule has 2 aromatic carbocycles. The van der Waals surface area contributed by atoms with Crippen molar-refractivity contribution >= 4 is 44.2 Å². The number of aromatic nitrogens is 2. The minimum Gasteiger partial charge on any atom is -0.312 e. The summed E-state index contributed by atoms with van der Waals surface area (Å²) < 4.78 is 28.2. The van der Waals surface area contributed by atoms with Gasteiger partial charge in [0.2, 0.25) is 11.8 Å². The number of amides is 2. The van der Waals surface area contributed by atoms with Gasteiger partial charge in [-0.3, -0.25) is 19.5 Å². The van der Waals surface area contributed by atoms with Crippen LogP contribution in [0.5, 0.6) is 0 Å². The molecular weight excluding hydrogens is 446 g/mol. The maximum Gasteiger partial charge on any atom is 0.234 e. The van der Waals surface area contributed by atoms with Crippen LogP contribution in [-0.4, -0.2) is 28.3 Å². The summed E-state index contributed by atoms with van der Waals surface area (Å²) in [4.78, 5) is 37.8. The summed E-state index contributed by atoms with van der Waals surface area (Å²) >= 11 is 1.22. The normalized spacial score (nSPS) is 15.9. The molecule has 1 aliphatic rings. The third kappa shape index (κ3) is 4.19. The first-order valence-corrected chi connectivity index (χ1v) is 11.1. The number of carbonyl (C=O) groups is 2. The van der Waals surface area contributed by atoms with Crippen LogP contribution in [0.25, 0.3) is 10.2 Å². The van der Waals surface area contributed by atoms with Crippen molar-refractivity contribution in [3.05, 3.63) is 84.2 Å². The van der Waals surface area contributed by atoms with Gasteiger partial charge in [-0.25, -0.2) is 13.8 Å². The first-order chi connectivity index (χ1) is 16.0. The Morgan fingerprint density at radius 3 is 2.67 bits per heavy atom. The number of thiazole rings is 1. The number of benzene rings is 2. The van der Waals surface area contributed by atoms with Crippen LogP contribution in [0.4, 0.5) is 19.6 Å². The van der Waals surface area contributed by atoms with Gasteiger partial charge in [-0.05, 0) is 48.0 Å². The van der Waals surface area contributed by atoms with Crippen molar-refractivity contribution in [1.29, 1.82) is 0 Å². The highest BCUT2D eigenvalue weighted by Gasteiger charge is 2.38. The molecule has 1 saturated heterocycles. The second-order valence-corrected chi connectivity index (χ2v) is 8.76. The molecular formula is C24H18F2N4O2S. The largest absolute Gasteiger partial charge is 0.312 e. The standard InChI is InChI=1S/C24H18F2N4O2S/c25-17-6-8-18(9-7-17)29-14-16(11-21(29)31)23(32)30(13-15-3-2-10-27-12-15)24-28-22-19(26)4-1-5-20(22)33-24/h1-10,12,16H,11,13-14H2. The zero-order valence-electron chi connectivity index (χ0n) is 17.3. The van der Waals surface area contributed by atoms with Crippen molar-refractivity contribution in [2.75, 3.05) is 16.3 Å². The molecule has 33 heavy (non-hydrogen) atoms. The third-order valence-electron chi connectivity index (χ3n) is 5.53. The van der Waals surface area contributed by atoms with Crippen molar-refractivity contribution in [3.63, 3.8) is 0 Å². The van der Waals surface area contributed by atoms with E-state index in [4.69, 9.17) is 0 Å². The highest BCUT2D eigenvalue weighted by atomic mass is 32.1. The topological polar surface area (TPSA) is 66.4 Å². The van der Waals surface area contributed by atoms with Gasteiger partial charge in [0.25, 0.3) is 0 Å². The number of hydrogen-bond donors (Lipinski definition) is 0. The van der Waals surface area contributed by atoms with Gasteiger partial charge in [0.15, 0.2) is 5.13 Å². The molecule has 0 radical (unpaired) electrons. The summed E-state index contributed by atoms with van der Waals surface area (Å²) in [6.07, 6.45) is 3.32. The lowest BCUT2D eigenvalue weighted by Gasteiger charge is -2.23. The molecule has 166 valence electrons. The van der Waals surface area contributed by atoms with E-state index in [0.29, 0.717) is 15.5 Å². The average Bonchev–Trinajstić information content (AvgIpc) is 3.43. The third-order valence-corrected chi connectivity index (χ3v) is 6.58. The van der Waals surface area contributed by atoms with Gasteiger partial charge in [0.1, 0.15) is 17.2 Å². The number of nitrogens with zero attached hydrogens (tertiary/aromatic N) is 4. The van der Waals surface area contributed by atoms with E-state index < -0.39 is 17.6 Å². The molecule has 5 rings (SSSR count). The van der Waals surface area contributed by atoms with Gasteiger partial charge in [-0.2, -0.15) is 0 Å². The Morgan fingerprint density at radius 2 is 1.94 bits per heavy atom. The first-order valence-electron chi connectivity index (χ1n) is 10.3. The van der Waals surface area contributed by atoms with Crippen LogP contribution >= 0.6 is 11.3 Å². The Labute approximate surface area is 192 Å². The van der Waals surface area contributed by atoms with E-state index in [1.807, 2.05) is 6.07 Å². The van der Waals surface area contributed by atoms with Crippen LogP contribution in [-0.2, 0) is 16.1 Å². The molecule has 1 aliphatic heterocycles. The Hall–Kier alpha value is -3.72. The second kappa shape index (κ2) is 8.67. The van der Waals surface area contributed by atoms with Crippen LogP contribution in [0, 0.1) is 17.6 Å². The van der Waals surface area contributed by atoms with Crippen molar-refractivity contribution in [1.82, 2.24) is 9.97 Å². The highest BCUT2D eigenvalue weighted by Crippen LogP contribution is 2.34. The molecule has 2 aromatic heterocycles. The van der Waals surface area contributed by atoms with Crippen LogP contribution < -0.4 is 9.80 Å². The lowest BCUT2D eigenvalue weighted by molar-refractivity contribution is -0.124. The Morgan fingerprint density at radius 1 is 1.12 bits per heavy atom. The van der Waals surface area contributed by atoms with E-state index in [1.54, 1.807) is 30.6 Å². The highest BCUT2D eigenvalue weighted by molar-refractivity contribution is 7.22. The van der Waals surface area contributed by atoms with Gasteiger partial charge in [0, 0.05) is 31.0 Å². The molecule has 1 fully saturated rings. The average molecular weight is 464 g/mol. The number of fused-ring (bicyclic) bond motifs is 1. The fraction of sp³-hybridized carbons (Fsp3) is 0.167. The molecule has 0 N–H and O–H groups in total. The molecule has 0 bridgehead atoms. The van der Waals surface area contributed by atoms with E-state index >= 15 is 0 Å². The van der Waals surface area contributed by atoms with E-state index in [-0.39, 0.29) is 36.8 Å². The summed E-state index contributed by atoms with van der Waals surface area (Å²) in [7, 11) is 0. The van der Waals surface area contributed by atoms with E-state index in [2.05, 4.69) is 9.97 Å². The number of carbonyl (C=O) groups excluding carboxylic acids is 2. The van der Waals surface area contributed by atoms with Gasteiger partial charge < -0.3 is 4.90 Å². The smallest absolute Gasteiger partial charge is 0.234 e. The SMILES string of the molecule is O=C1CC(C(=O)N(Cc2cccnc2)c2nc3c(F)cccc3s2)CN1c1ccc(F)cc1. The molecule has 0 spiro atoms. The summed E-state index contributed by atoms with van der Waals surface area (Å²) in [6.45, 7) is 0.363. The number of pyridine rings is 1. The minimum atomic E-state index is -0.615. The fourth-order valence-corrected chi connectivity index (χ4v) is 4.88. The van der Waals surface area contributed by atoms with Crippen molar-refractivity contribution in [3.8, 4) is 0 Å². The molecule has 0 aliphatic carbocycles. The van der Waals surface area contributed by atoms with E-state index in [0.717, 1.165) is 5.56 Å². The van der Waals surface area contributed by atoms with Gasteiger partial charge in [0.05, 0.1) is 17.2 Å².